The van der Waals surface area contributed by atoms with Crippen LogP contribution in [0.3, 0.4) is 0 Å². The maximum absolute atomic E-state index is 11.6. The Morgan fingerprint density at radius 2 is 2.29 bits per heavy atom. The minimum Gasteiger partial charge on any atom is -0.493 e. The van der Waals surface area contributed by atoms with Gasteiger partial charge in [-0.05, 0) is 18.9 Å². The molecule has 0 aliphatic carbocycles. The van der Waals surface area contributed by atoms with Gasteiger partial charge in [0.2, 0.25) is 5.91 Å². The maximum Gasteiger partial charge on any atom is 0.221 e. The van der Waals surface area contributed by atoms with Crippen molar-refractivity contribution in [3.63, 3.8) is 0 Å². The van der Waals surface area contributed by atoms with Gasteiger partial charge < -0.3 is 15.8 Å². The third-order valence-electron chi connectivity index (χ3n) is 2.90. The van der Waals surface area contributed by atoms with Crippen molar-refractivity contribution in [2.45, 2.75) is 25.3 Å². The Morgan fingerprint density at radius 1 is 1.47 bits per heavy atom. The highest BCUT2D eigenvalue weighted by atomic mass is 16.5. The molecule has 2 rings (SSSR count). The molecule has 92 valence electrons. The molecule has 1 unspecified atom stereocenters. The molecule has 1 aliphatic heterocycles. The van der Waals surface area contributed by atoms with E-state index in [4.69, 9.17) is 10.5 Å². The van der Waals surface area contributed by atoms with Crippen molar-refractivity contribution in [1.82, 2.24) is 5.32 Å². The number of benzene rings is 1. The topological polar surface area (TPSA) is 64.4 Å². The fourth-order valence-corrected chi connectivity index (χ4v) is 2.07. The number of hydrogen-bond acceptors (Lipinski definition) is 3. The van der Waals surface area contributed by atoms with E-state index >= 15 is 0 Å². The van der Waals surface area contributed by atoms with Gasteiger partial charge in [0.25, 0.3) is 0 Å². The Hall–Kier alpha value is -1.55. The molecule has 4 nitrogen and oxygen atoms in total. The molecule has 0 radical (unpaired) electrons. The van der Waals surface area contributed by atoms with Crippen molar-refractivity contribution in [1.29, 1.82) is 0 Å². The highest BCUT2D eigenvalue weighted by molar-refractivity contribution is 5.76. The van der Waals surface area contributed by atoms with Gasteiger partial charge in [-0.3, -0.25) is 4.79 Å². The Morgan fingerprint density at radius 3 is 3.12 bits per heavy atom. The fourth-order valence-electron chi connectivity index (χ4n) is 2.07. The maximum atomic E-state index is 11.6. The van der Waals surface area contributed by atoms with E-state index in [9.17, 15) is 4.79 Å². The number of carbonyl (C=O) groups is 1. The van der Waals surface area contributed by atoms with Crippen molar-refractivity contribution in [2.24, 2.45) is 5.73 Å². The predicted molar refractivity (Wildman–Crippen MR) is 65.7 cm³/mol. The second-order valence-corrected chi connectivity index (χ2v) is 4.19. The summed E-state index contributed by atoms with van der Waals surface area (Å²) < 4.78 is 5.64. The van der Waals surface area contributed by atoms with Gasteiger partial charge in [-0.25, -0.2) is 0 Å². The van der Waals surface area contributed by atoms with Gasteiger partial charge in [-0.15, -0.1) is 0 Å². The van der Waals surface area contributed by atoms with Crippen molar-refractivity contribution >= 4 is 5.91 Å². The van der Waals surface area contributed by atoms with Crippen LogP contribution in [0, 0.1) is 0 Å². The molecule has 0 spiro atoms. The summed E-state index contributed by atoms with van der Waals surface area (Å²) >= 11 is 0. The lowest BCUT2D eigenvalue weighted by atomic mass is 10.0. The smallest absolute Gasteiger partial charge is 0.221 e. The van der Waals surface area contributed by atoms with E-state index in [1.54, 1.807) is 0 Å². The van der Waals surface area contributed by atoms with Crippen LogP contribution in [0.15, 0.2) is 24.3 Å². The lowest BCUT2D eigenvalue weighted by molar-refractivity contribution is -0.121. The van der Waals surface area contributed by atoms with Gasteiger partial charge in [0.15, 0.2) is 0 Å². The van der Waals surface area contributed by atoms with Crippen LogP contribution in [0.2, 0.25) is 0 Å². The molecule has 0 bridgehead atoms. The second kappa shape index (κ2) is 5.68. The Balaban J connectivity index is 2.14. The lowest BCUT2D eigenvalue weighted by Gasteiger charge is -2.18. The van der Waals surface area contributed by atoms with E-state index in [0.717, 1.165) is 24.2 Å². The van der Waals surface area contributed by atoms with Crippen molar-refractivity contribution < 1.29 is 9.53 Å². The summed E-state index contributed by atoms with van der Waals surface area (Å²) in [5.74, 6) is 0.886. The monoisotopic (exact) mass is 234 g/mol. The molecule has 0 fully saturated rings. The highest BCUT2D eigenvalue weighted by Gasteiger charge is 2.20. The van der Waals surface area contributed by atoms with Crippen LogP contribution >= 0.6 is 0 Å². The molecule has 0 aromatic heterocycles. The summed E-state index contributed by atoms with van der Waals surface area (Å²) in [5.41, 5.74) is 6.44. The molecule has 17 heavy (non-hydrogen) atoms. The molecule has 3 N–H and O–H groups in total. The number of rotatable bonds is 3. The molecular weight excluding hydrogens is 216 g/mol. The first-order chi connectivity index (χ1) is 8.31. The van der Waals surface area contributed by atoms with Gasteiger partial charge in [0.1, 0.15) is 5.75 Å². The Kier molecular flexibility index (Phi) is 3.98. The Labute approximate surface area is 101 Å². The first kappa shape index (κ1) is 11.9. The summed E-state index contributed by atoms with van der Waals surface area (Å²) in [6.07, 6.45) is 2.23. The second-order valence-electron chi connectivity index (χ2n) is 4.19. The van der Waals surface area contributed by atoms with Crippen molar-refractivity contribution in [3.8, 4) is 5.75 Å². The first-order valence-corrected chi connectivity index (χ1v) is 6.02. The zero-order chi connectivity index (χ0) is 12.1. The molecule has 1 aliphatic rings. The summed E-state index contributed by atoms with van der Waals surface area (Å²) in [5, 5.41) is 3.02. The molecule has 0 saturated carbocycles. The zero-order valence-electron chi connectivity index (χ0n) is 9.82. The van der Waals surface area contributed by atoms with Gasteiger partial charge >= 0.3 is 0 Å². The van der Waals surface area contributed by atoms with Crippen LogP contribution in [-0.4, -0.2) is 19.1 Å². The number of carbonyl (C=O) groups excluding carboxylic acids is 1. The van der Waals surface area contributed by atoms with E-state index in [1.807, 2.05) is 24.3 Å². The van der Waals surface area contributed by atoms with Gasteiger partial charge in [-0.1, -0.05) is 18.2 Å². The van der Waals surface area contributed by atoms with Crippen molar-refractivity contribution in [3.05, 3.63) is 29.8 Å². The number of hydrogen-bond donors (Lipinski definition) is 2. The summed E-state index contributed by atoms with van der Waals surface area (Å²) in [4.78, 5) is 11.6. The number of nitrogens with two attached hydrogens (primary N) is 1. The quantitative estimate of drug-likeness (QED) is 0.830. The molecular formula is C13H18N2O2. The van der Waals surface area contributed by atoms with Gasteiger partial charge in [0, 0.05) is 18.5 Å². The normalized spacial score (nSPS) is 18.8. The average Bonchev–Trinajstić information content (AvgIpc) is 2.53. The van der Waals surface area contributed by atoms with Crippen LogP contribution in [0.5, 0.6) is 5.75 Å². The number of nitrogens with one attached hydrogen (secondary N) is 1. The number of ether oxygens (including phenoxy) is 1. The van der Waals surface area contributed by atoms with E-state index in [1.165, 1.54) is 0 Å². The molecule has 4 heteroatoms. The van der Waals surface area contributed by atoms with Crippen LogP contribution in [0.25, 0.3) is 0 Å². The van der Waals surface area contributed by atoms with Crippen LogP contribution in [0.1, 0.15) is 30.9 Å². The lowest BCUT2D eigenvalue weighted by Crippen LogP contribution is -2.29. The average molecular weight is 234 g/mol. The molecule has 1 heterocycles. The number of para-hydroxylation sites is 1. The largest absolute Gasteiger partial charge is 0.493 e. The third kappa shape index (κ3) is 2.97. The minimum atomic E-state index is 0.00852. The third-order valence-corrected chi connectivity index (χ3v) is 2.90. The van der Waals surface area contributed by atoms with Crippen LogP contribution < -0.4 is 15.8 Å². The van der Waals surface area contributed by atoms with E-state index < -0.39 is 0 Å². The van der Waals surface area contributed by atoms with Crippen LogP contribution in [0.4, 0.5) is 0 Å². The van der Waals surface area contributed by atoms with Crippen LogP contribution in [-0.2, 0) is 4.79 Å². The number of amides is 1. The Bertz CT molecular complexity index is 393. The fraction of sp³-hybridized carbons (Fsp3) is 0.462. The molecule has 0 saturated heterocycles. The molecule has 1 aromatic carbocycles. The summed E-state index contributed by atoms with van der Waals surface area (Å²) in [7, 11) is 0. The molecule has 1 aromatic rings. The summed E-state index contributed by atoms with van der Waals surface area (Å²) in [6, 6.07) is 7.92. The highest BCUT2D eigenvalue weighted by Crippen LogP contribution is 2.30. The molecule has 1 atom stereocenters. The predicted octanol–water partition coefficient (Wildman–Crippen LogP) is 1.37. The zero-order valence-corrected chi connectivity index (χ0v) is 9.82. The first-order valence-electron chi connectivity index (χ1n) is 6.02. The minimum absolute atomic E-state index is 0.00852. The number of fused-ring (bicyclic) bond motifs is 1. The summed E-state index contributed by atoms with van der Waals surface area (Å²) in [6.45, 7) is 1.09. The van der Waals surface area contributed by atoms with E-state index in [2.05, 4.69) is 5.32 Å². The van der Waals surface area contributed by atoms with Gasteiger partial charge in [-0.2, -0.15) is 0 Å². The van der Waals surface area contributed by atoms with Gasteiger partial charge in [0.05, 0.1) is 12.6 Å². The van der Waals surface area contributed by atoms with E-state index in [0.29, 0.717) is 19.6 Å². The SMILES string of the molecule is NCCC(=O)NC1CCCOc2ccccc21. The van der Waals surface area contributed by atoms with E-state index in [-0.39, 0.29) is 11.9 Å². The standard InChI is InChI=1S/C13H18N2O2/c14-8-7-13(16)15-11-5-3-9-17-12-6-2-1-4-10(11)12/h1-2,4,6,11H,3,5,7-9,14H2,(H,15,16). The molecule has 1 amide bonds. The van der Waals surface area contributed by atoms with Crippen molar-refractivity contribution in [2.75, 3.05) is 13.2 Å².